The topological polar surface area (TPSA) is 139 Å². The summed E-state index contributed by atoms with van der Waals surface area (Å²) in [5, 5.41) is 23.3. The van der Waals surface area contributed by atoms with Crippen LogP contribution in [-0.2, 0) is 46.6 Å². The van der Waals surface area contributed by atoms with E-state index in [1.54, 1.807) is 32.9 Å². The number of unbranched alkanes of at least 4 members (excludes halogenated alkanes) is 1. The van der Waals surface area contributed by atoms with E-state index in [0.29, 0.717) is 22.9 Å². The predicted molar refractivity (Wildman–Crippen MR) is 174 cm³/mol. The summed E-state index contributed by atoms with van der Waals surface area (Å²) in [6, 6.07) is 17.5. The van der Waals surface area contributed by atoms with Crippen LogP contribution in [0.3, 0.4) is 0 Å². The van der Waals surface area contributed by atoms with Crippen molar-refractivity contribution in [3.8, 4) is 0 Å². The van der Waals surface area contributed by atoms with E-state index < -0.39 is 17.5 Å². The number of halogens is 1. The van der Waals surface area contributed by atoms with E-state index in [9.17, 15) is 18.8 Å². The molecule has 2 aromatic heterocycles. The maximum atomic E-state index is 14.4. The first kappa shape index (κ1) is 34.1. The number of ether oxygens (including phenoxy) is 1. The molecule has 46 heavy (non-hydrogen) atoms. The number of hydrogen-bond acceptors (Lipinski definition) is 9. The van der Waals surface area contributed by atoms with Crippen molar-refractivity contribution >= 4 is 40.2 Å². The number of aromatic nitrogens is 4. The van der Waals surface area contributed by atoms with Crippen molar-refractivity contribution in [1.82, 2.24) is 25.3 Å². The zero-order chi connectivity index (χ0) is 33.1. The van der Waals surface area contributed by atoms with Crippen molar-refractivity contribution in [3.05, 3.63) is 93.9 Å². The van der Waals surface area contributed by atoms with Crippen LogP contribution < -0.4 is 10.6 Å². The molecular weight excluding hydrogens is 609 g/mol. The monoisotopic (exact) mass is 647 g/mol. The zero-order valence-corrected chi connectivity index (χ0v) is 27.2. The Labute approximate surface area is 271 Å². The van der Waals surface area contributed by atoms with Gasteiger partial charge in [0.25, 0.3) is 0 Å². The number of rotatable bonds is 13. The van der Waals surface area contributed by atoms with E-state index in [1.807, 2.05) is 36.4 Å². The fourth-order valence-electron chi connectivity index (χ4n) is 4.38. The summed E-state index contributed by atoms with van der Waals surface area (Å²) in [4.78, 5) is 38.4. The fraction of sp³-hybridized carbons (Fsp3) is 0.364. The molecule has 0 atom stereocenters. The Hall–Kier alpha value is -4.78. The number of benzene rings is 2. The van der Waals surface area contributed by atoms with E-state index >= 15 is 0 Å². The maximum Gasteiger partial charge on any atom is 0.410 e. The Balaban J connectivity index is 1.17. The summed E-state index contributed by atoms with van der Waals surface area (Å²) >= 11 is 1.31. The largest absolute Gasteiger partial charge is 0.444 e. The molecule has 13 heteroatoms. The number of hydrogen-bond donors (Lipinski definition) is 2. The highest BCUT2D eigenvalue weighted by atomic mass is 32.1. The molecule has 11 nitrogen and oxygen atoms in total. The van der Waals surface area contributed by atoms with Crippen LogP contribution in [0, 0.1) is 5.82 Å². The molecule has 0 bridgehead atoms. The molecule has 0 aliphatic heterocycles. The highest BCUT2D eigenvalue weighted by Crippen LogP contribution is 2.20. The van der Waals surface area contributed by atoms with Crippen LogP contribution in [0.2, 0.25) is 0 Å². The molecule has 0 saturated heterocycles. The SMILES string of the molecule is CN(Cc1cc(CC(=O)Nc2nnc(CCCCc3ccc(NC(=O)Cc4ccccc4)nn3)s2)ccc1F)C(=O)OC(C)(C)C. The third-order valence-corrected chi connectivity index (χ3v) is 7.47. The second-order valence-electron chi connectivity index (χ2n) is 11.8. The summed E-state index contributed by atoms with van der Waals surface area (Å²) in [5.41, 5.74) is 1.97. The normalized spacial score (nSPS) is 11.2. The number of nitrogens with one attached hydrogen (secondary N) is 2. The van der Waals surface area contributed by atoms with Gasteiger partial charge in [-0.25, -0.2) is 9.18 Å². The van der Waals surface area contributed by atoms with Crippen molar-refractivity contribution in [2.75, 3.05) is 17.7 Å². The van der Waals surface area contributed by atoms with Crippen molar-refractivity contribution in [3.63, 3.8) is 0 Å². The molecule has 0 saturated carbocycles. The van der Waals surface area contributed by atoms with Gasteiger partial charge < -0.3 is 20.3 Å². The zero-order valence-electron chi connectivity index (χ0n) is 26.4. The van der Waals surface area contributed by atoms with Gasteiger partial charge in [0.1, 0.15) is 16.4 Å². The van der Waals surface area contributed by atoms with E-state index in [1.165, 1.54) is 35.4 Å². The van der Waals surface area contributed by atoms with Gasteiger partial charge in [-0.15, -0.1) is 15.3 Å². The molecule has 4 aromatic rings. The van der Waals surface area contributed by atoms with Gasteiger partial charge in [-0.3, -0.25) is 9.59 Å². The van der Waals surface area contributed by atoms with Gasteiger partial charge in [0.15, 0.2) is 5.82 Å². The van der Waals surface area contributed by atoms with Crippen LogP contribution in [0.25, 0.3) is 0 Å². The van der Waals surface area contributed by atoms with Crippen LogP contribution in [0.15, 0.2) is 60.7 Å². The summed E-state index contributed by atoms with van der Waals surface area (Å²) in [7, 11) is 1.53. The van der Waals surface area contributed by atoms with Crippen molar-refractivity contribution in [1.29, 1.82) is 0 Å². The molecule has 2 N–H and O–H groups in total. The Morgan fingerprint density at radius 1 is 0.848 bits per heavy atom. The lowest BCUT2D eigenvalue weighted by Gasteiger charge is -2.24. The van der Waals surface area contributed by atoms with Crippen LogP contribution in [0.5, 0.6) is 0 Å². The van der Waals surface area contributed by atoms with E-state index in [4.69, 9.17) is 4.74 Å². The minimum Gasteiger partial charge on any atom is -0.444 e. The molecule has 0 aliphatic rings. The molecule has 3 amide bonds. The lowest BCUT2D eigenvalue weighted by atomic mass is 10.1. The highest BCUT2D eigenvalue weighted by molar-refractivity contribution is 7.15. The first-order valence-corrected chi connectivity index (χ1v) is 15.8. The molecule has 2 heterocycles. The standard InChI is InChI=1S/C33H38FN7O4S/c1-33(2,3)45-32(44)41(4)21-24-18-23(14-16-26(24)34)20-29(43)36-31-40-39-30(46-31)13-9-8-12-25-15-17-27(38-37-25)35-28(42)19-22-10-6-5-7-11-22/h5-7,10-11,14-18H,8-9,12-13,19-21H2,1-4H3,(H,35,38,42)(H,36,40,43). The van der Waals surface area contributed by atoms with E-state index in [2.05, 4.69) is 31.0 Å². The number of carbonyl (C=O) groups excluding carboxylic acids is 3. The molecule has 4 rings (SSSR count). The van der Waals surface area contributed by atoms with Crippen molar-refractivity contribution < 1.29 is 23.5 Å². The van der Waals surface area contributed by atoms with Gasteiger partial charge in [0.05, 0.1) is 25.1 Å². The second kappa shape index (κ2) is 16.0. The Bertz CT molecular complexity index is 1630. The summed E-state index contributed by atoms with van der Waals surface area (Å²) in [6.45, 7) is 5.28. The van der Waals surface area contributed by atoms with E-state index in [0.717, 1.165) is 35.5 Å². The number of nitrogens with zero attached hydrogens (tertiary/aromatic N) is 5. The van der Waals surface area contributed by atoms with Crippen LogP contribution >= 0.6 is 11.3 Å². The average Bonchev–Trinajstić information content (AvgIpc) is 3.44. The number of amides is 3. The molecule has 0 aliphatic carbocycles. The van der Waals surface area contributed by atoms with Crippen LogP contribution in [0.4, 0.5) is 20.1 Å². The maximum absolute atomic E-state index is 14.4. The summed E-state index contributed by atoms with van der Waals surface area (Å²) in [5.74, 6) is -0.510. The Morgan fingerprint density at radius 2 is 1.57 bits per heavy atom. The van der Waals surface area contributed by atoms with Gasteiger partial charge in [-0.05, 0) is 69.4 Å². The van der Waals surface area contributed by atoms with Crippen LogP contribution in [0.1, 0.15) is 61.0 Å². The van der Waals surface area contributed by atoms with Gasteiger partial charge >= 0.3 is 6.09 Å². The predicted octanol–water partition coefficient (Wildman–Crippen LogP) is 5.76. The first-order chi connectivity index (χ1) is 21.9. The average molecular weight is 648 g/mol. The van der Waals surface area contributed by atoms with Gasteiger partial charge in [-0.1, -0.05) is 53.8 Å². The first-order valence-electron chi connectivity index (χ1n) is 14.9. The molecule has 0 fully saturated rings. The van der Waals surface area contributed by atoms with Gasteiger partial charge in [-0.2, -0.15) is 5.10 Å². The second-order valence-corrected chi connectivity index (χ2v) is 12.9. The smallest absolute Gasteiger partial charge is 0.410 e. The van der Waals surface area contributed by atoms with Gasteiger partial charge in [0.2, 0.25) is 16.9 Å². The lowest BCUT2D eigenvalue weighted by molar-refractivity contribution is -0.116. The molecule has 0 radical (unpaired) electrons. The van der Waals surface area contributed by atoms with Crippen molar-refractivity contribution in [2.45, 2.75) is 71.4 Å². The Kier molecular flexibility index (Phi) is 11.8. The van der Waals surface area contributed by atoms with Crippen LogP contribution in [-0.4, -0.2) is 55.9 Å². The van der Waals surface area contributed by atoms with Crippen molar-refractivity contribution in [2.24, 2.45) is 0 Å². The summed E-state index contributed by atoms with van der Waals surface area (Å²) in [6.07, 6.45) is 2.83. The minimum atomic E-state index is -0.665. The number of anilines is 2. The molecule has 0 unspecified atom stereocenters. The molecule has 242 valence electrons. The fourth-order valence-corrected chi connectivity index (χ4v) is 5.18. The van der Waals surface area contributed by atoms with Gasteiger partial charge in [0, 0.05) is 19.0 Å². The number of aryl methyl sites for hydroxylation is 2. The molecular formula is C33H38FN7O4S. The number of carbonyl (C=O) groups is 3. The quantitative estimate of drug-likeness (QED) is 0.175. The third-order valence-electron chi connectivity index (χ3n) is 6.57. The summed E-state index contributed by atoms with van der Waals surface area (Å²) < 4.78 is 19.8. The highest BCUT2D eigenvalue weighted by Gasteiger charge is 2.21. The minimum absolute atomic E-state index is 0.00125. The Morgan fingerprint density at radius 3 is 2.28 bits per heavy atom. The lowest BCUT2D eigenvalue weighted by Crippen LogP contribution is -2.34. The molecule has 2 aromatic carbocycles. The van der Waals surface area contributed by atoms with E-state index in [-0.39, 0.29) is 36.8 Å². The molecule has 0 spiro atoms. The third kappa shape index (κ3) is 11.3.